The van der Waals surface area contributed by atoms with Crippen LogP contribution in [0.15, 0.2) is 106 Å². The number of carbonyl (C=O) groups excluding carboxylic acids is 2. The quantitative estimate of drug-likeness (QED) is 0.148. The van der Waals surface area contributed by atoms with E-state index in [0.29, 0.717) is 32.9 Å². The third kappa shape index (κ3) is 9.15. The number of nitrogens with zero attached hydrogens (tertiary/aromatic N) is 2. The van der Waals surface area contributed by atoms with E-state index in [9.17, 15) is 18.0 Å². The van der Waals surface area contributed by atoms with E-state index < -0.39 is 28.5 Å². The average Bonchev–Trinajstić information content (AvgIpc) is 3.06. The van der Waals surface area contributed by atoms with Gasteiger partial charge >= 0.3 is 0 Å². The third-order valence-corrected chi connectivity index (χ3v) is 10.6. The van der Waals surface area contributed by atoms with E-state index in [4.69, 9.17) is 16.3 Å². The number of carbonyl (C=O) groups is 2. The minimum absolute atomic E-state index is 0.0141. The Morgan fingerprint density at radius 1 is 0.957 bits per heavy atom. The Morgan fingerprint density at radius 2 is 1.62 bits per heavy atom. The summed E-state index contributed by atoms with van der Waals surface area (Å²) in [6.45, 7) is 5.17. The van der Waals surface area contributed by atoms with Crippen molar-refractivity contribution in [2.24, 2.45) is 0 Å². The molecule has 0 aliphatic heterocycles. The number of hydrogen-bond acceptors (Lipinski definition) is 5. The molecule has 0 aromatic heterocycles. The molecule has 248 valence electrons. The van der Waals surface area contributed by atoms with Gasteiger partial charge in [-0.15, -0.1) is 0 Å². The zero-order valence-electron chi connectivity index (χ0n) is 26.8. The molecule has 4 aromatic rings. The average molecular weight is 741 g/mol. The summed E-state index contributed by atoms with van der Waals surface area (Å²) < 4.78 is 35.4. The molecule has 0 aliphatic rings. The topological polar surface area (TPSA) is 96.0 Å². The summed E-state index contributed by atoms with van der Waals surface area (Å²) >= 11 is 9.96. The van der Waals surface area contributed by atoms with Gasteiger partial charge in [-0.05, 0) is 83.7 Å². The van der Waals surface area contributed by atoms with Gasteiger partial charge in [0.05, 0.1) is 22.2 Å². The largest absolute Gasteiger partial charge is 0.496 e. The molecule has 0 saturated carbocycles. The Balaban J connectivity index is 1.83. The third-order valence-electron chi connectivity index (χ3n) is 7.88. The molecule has 2 amide bonds. The molecule has 0 bridgehead atoms. The van der Waals surface area contributed by atoms with Crippen molar-refractivity contribution in [2.45, 2.75) is 57.1 Å². The lowest BCUT2D eigenvalue weighted by molar-refractivity contribution is -0.140. The summed E-state index contributed by atoms with van der Waals surface area (Å²) in [6.07, 6.45) is 0.904. The monoisotopic (exact) mass is 739 g/mol. The molecule has 4 rings (SSSR count). The lowest BCUT2D eigenvalue weighted by atomic mass is 10.0. The lowest BCUT2D eigenvalue weighted by Crippen LogP contribution is -2.54. The molecule has 0 radical (unpaired) electrons. The van der Waals surface area contributed by atoms with Crippen molar-refractivity contribution in [3.05, 3.63) is 123 Å². The predicted octanol–water partition coefficient (Wildman–Crippen LogP) is 7.17. The molecule has 47 heavy (non-hydrogen) atoms. The second-order valence-corrected chi connectivity index (χ2v) is 14.4. The van der Waals surface area contributed by atoms with Gasteiger partial charge in [0.15, 0.2) is 0 Å². The molecule has 0 spiro atoms. The minimum atomic E-state index is -4.28. The maximum atomic E-state index is 14.6. The van der Waals surface area contributed by atoms with Crippen molar-refractivity contribution in [1.82, 2.24) is 10.2 Å². The van der Waals surface area contributed by atoms with Gasteiger partial charge in [0.25, 0.3) is 10.0 Å². The Labute approximate surface area is 290 Å². The van der Waals surface area contributed by atoms with Crippen LogP contribution < -0.4 is 14.4 Å². The van der Waals surface area contributed by atoms with Crippen LogP contribution in [0.2, 0.25) is 5.02 Å². The number of benzene rings is 4. The minimum Gasteiger partial charge on any atom is -0.496 e. The molecule has 1 N–H and O–H groups in total. The van der Waals surface area contributed by atoms with E-state index in [1.807, 2.05) is 51.1 Å². The second kappa shape index (κ2) is 16.3. The maximum absolute atomic E-state index is 14.6. The van der Waals surface area contributed by atoms with Crippen molar-refractivity contribution in [1.29, 1.82) is 0 Å². The Hall–Kier alpha value is -3.86. The summed E-state index contributed by atoms with van der Waals surface area (Å²) in [4.78, 5) is 30.0. The highest BCUT2D eigenvalue weighted by atomic mass is 79.9. The second-order valence-electron chi connectivity index (χ2n) is 11.3. The molecule has 0 aliphatic carbocycles. The standard InChI is InChI=1S/C36H39BrClN3O5S/c1-5-26(3)39-36(43)33(21-27-11-7-6-8-12-27)40(23-28-13-9-10-14-32(28)38)35(42)24-41(29-17-15-25(2)16-18-29)47(44,45)30-19-20-34(46-4)31(37)22-30/h6-20,22,26,33H,5,21,23-24H2,1-4H3,(H,39,43)/t26-,33+/m0/s1. The molecule has 8 nitrogen and oxygen atoms in total. The van der Waals surface area contributed by atoms with Gasteiger partial charge in [-0.3, -0.25) is 13.9 Å². The highest BCUT2D eigenvalue weighted by Gasteiger charge is 2.35. The number of amides is 2. The van der Waals surface area contributed by atoms with E-state index in [0.717, 1.165) is 15.4 Å². The number of anilines is 1. The van der Waals surface area contributed by atoms with E-state index in [2.05, 4.69) is 21.2 Å². The Morgan fingerprint density at radius 3 is 2.23 bits per heavy atom. The fraction of sp³-hybridized carbons (Fsp3) is 0.278. The van der Waals surface area contributed by atoms with Gasteiger partial charge in [0, 0.05) is 24.0 Å². The highest BCUT2D eigenvalue weighted by molar-refractivity contribution is 9.10. The number of methoxy groups -OCH3 is 1. The van der Waals surface area contributed by atoms with Crippen LogP contribution >= 0.6 is 27.5 Å². The molecule has 11 heteroatoms. The van der Waals surface area contributed by atoms with Gasteiger partial charge in [-0.1, -0.05) is 84.8 Å². The van der Waals surface area contributed by atoms with E-state index in [1.54, 1.807) is 54.6 Å². The number of hydrogen-bond donors (Lipinski definition) is 1. The number of nitrogens with one attached hydrogen (secondary N) is 1. The predicted molar refractivity (Wildman–Crippen MR) is 190 cm³/mol. The lowest BCUT2D eigenvalue weighted by Gasteiger charge is -2.34. The van der Waals surface area contributed by atoms with Crippen LogP contribution in [0, 0.1) is 6.92 Å². The van der Waals surface area contributed by atoms with Gasteiger partial charge in [-0.2, -0.15) is 0 Å². The molecule has 0 unspecified atom stereocenters. The fourth-order valence-corrected chi connectivity index (χ4v) is 7.31. The summed E-state index contributed by atoms with van der Waals surface area (Å²) in [5.74, 6) is -0.446. The number of halogens is 2. The normalized spacial score (nSPS) is 12.6. The first-order valence-electron chi connectivity index (χ1n) is 15.2. The maximum Gasteiger partial charge on any atom is 0.264 e. The summed E-state index contributed by atoms with van der Waals surface area (Å²) in [6, 6.07) is 26.7. The smallest absolute Gasteiger partial charge is 0.264 e. The van der Waals surface area contributed by atoms with Crippen molar-refractivity contribution < 1.29 is 22.7 Å². The first-order valence-corrected chi connectivity index (χ1v) is 17.9. The van der Waals surface area contributed by atoms with Crippen LogP contribution in [-0.2, 0) is 32.6 Å². The van der Waals surface area contributed by atoms with Gasteiger partial charge in [0.1, 0.15) is 18.3 Å². The van der Waals surface area contributed by atoms with Gasteiger partial charge in [0.2, 0.25) is 11.8 Å². The SMILES string of the molecule is CC[C@H](C)NC(=O)[C@@H](Cc1ccccc1)N(Cc1ccccc1Cl)C(=O)CN(c1ccc(C)cc1)S(=O)(=O)c1ccc(OC)c(Br)c1. The van der Waals surface area contributed by atoms with Crippen molar-refractivity contribution in [2.75, 3.05) is 18.0 Å². The van der Waals surface area contributed by atoms with Crippen LogP contribution in [0.4, 0.5) is 5.69 Å². The number of aryl methyl sites for hydroxylation is 1. The zero-order valence-corrected chi connectivity index (χ0v) is 30.0. The molecule has 0 heterocycles. The van der Waals surface area contributed by atoms with Gasteiger partial charge < -0.3 is 15.0 Å². The Kier molecular flexibility index (Phi) is 12.5. The van der Waals surface area contributed by atoms with Crippen LogP contribution in [0.1, 0.15) is 37.0 Å². The van der Waals surface area contributed by atoms with E-state index in [-0.39, 0.29) is 29.8 Å². The van der Waals surface area contributed by atoms with Crippen LogP contribution in [0.5, 0.6) is 5.75 Å². The van der Waals surface area contributed by atoms with Crippen molar-refractivity contribution in [3.8, 4) is 5.75 Å². The summed E-state index contributed by atoms with van der Waals surface area (Å²) in [5.41, 5.74) is 2.70. The highest BCUT2D eigenvalue weighted by Crippen LogP contribution is 2.31. The van der Waals surface area contributed by atoms with Crippen molar-refractivity contribution in [3.63, 3.8) is 0 Å². The van der Waals surface area contributed by atoms with E-state index in [1.165, 1.54) is 24.1 Å². The first-order chi connectivity index (χ1) is 22.4. The summed E-state index contributed by atoms with van der Waals surface area (Å²) in [5, 5.41) is 3.46. The van der Waals surface area contributed by atoms with Crippen LogP contribution in [0.25, 0.3) is 0 Å². The molecule has 0 fully saturated rings. The molecular weight excluding hydrogens is 702 g/mol. The Bertz CT molecular complexity index is 1790. The number of sulfonamides is 1. The molecule has 2 atom stereocenters. The van der Waals surface area contributed by atoms with Crippen LogP contribution in [-0.4, -0.2) is 50.9 Å². The summed E-state index contributed by atoms with van der Waals surface area (Å²) in [7, 11) is -2.79. The number of ether oxygens (including phenoxy) is 1. The van der Waals surface area contributed by atoms with E-state index >= 15 is 0 Å². The molecule has 4 aromatic carbocycles. The molecule has 0 saturated heterocycles. The van der Waals surface area contributed by atoms with Gasteiger partial charge in [-0.25, -0.2) is 8.42 Å². The number of rotatable bonds is 14. The first kappa shape index (κ1) is 36.0. The van der Waals surface area contributed by atoms with Crippen LogP contribution in [0.3, 0.4) is 0 Å². The zero-order chi connectivity index (χ0) is 34.1. The molecular formula is C36H39BrClN3O5S. The fourth-order valence-electron chi connectivity index (χ4n) is 4.98. The van der Waals surface area contributed by atoms with Crippen molar-refractivity contribution >= 4 is 55.1 Å².